The van der Waals surface area contributed by atoms with Gasteiger partial charge in [0.25, 0.3) is 5.91 Å². The predicted octanol–water partition coefficient (Wildman–Crippen LogP) is 3.10. The van der Waals surface area contributed by atoms with Crippen LogP contribution in [0, 0.1) is 23.2 Å². The van der Waals surface area contributed by atoms with Crippen molar-refractivity contribution >= 4 is 17.5 Å². The molecule has 0 N–H and O–H groups in total. The monoisotopic (exact) mass is 336 g/mol. The summed E-state index contributed by atoms with van der Waals surface area (Å²) in [5, 5.41) is 9.20. The molecule has 0 spiro atoms. The van der Waals surface area contributed by atoms with Crippen LogP contribution in [0.2, 0.25) is 5.02 Å². The molecule has 0 bridgehead atoms. The minimum atomic E-state index is -0.0958. The first kappa shape index (κ1) is 17.4. The summed E-state index contributed by atoms with van der Waals surface area (Å²) in [5.74, 6) is 1.57. The number of piperidine rings is 1. The lowest BCUT2D eigenvalue weighted by atomic mass is 9.92. The summed E-state index contributed by atoms with van der Waals surface area (Å²) >= 11 is 6.13. The minimum Gasteiger partial charge on any atom is -0.493 e. The van der Waals surface area contributed by atoms with Crippen LogP contribution in [-0.4, -0.2) is 37.6 Å². The van der Waals surface area contributed by atoms with Gasteiger partial charge in [0.05, 0.1) is 23.8 Å². The summed E-state index contributed by atoms with van der Waals surface area (Å²) in [7, 11) is 1.47. The summed E-state index contributed by atoms with van der Waals surface area (Å²) in [6, 6.07) is 5.03. The summed E-state index contributed by atoms with van der Waals surface area (Å²) in [4.78, 5) is 14.2. The third-order valence-corrected chi connectivity index (χ3v) is 4.20. The third kappa shape index (κ3) is 4.29. The molecule has 23 heavy (non-hydrogen) atoms. The molecule has 1 aliphatic heterocycles. The second-order valence-electron chi connectivity index (χ2n) is 6.13. The van der Waals surface area contributed by atoms with Crippen LogP contribution >= 0.6 is 11.6 Å². The van der Waals surface area contributed by atoms with Crippen molar-refractivity contribution in [2.75, 3.05) is 26.8 Å². The van der Waals surface area contributed by atoms with Gasteiger partial charge in [-0.1, -0.05) is 25.4 Å². The van der Waals surface area contributed by atoms with E-state index in [0.717, 1.165) is 19.5 Å². The average Bonchev–Trinajstić information content (AvgIpc) is 2.51. The summed E-state index contributed by atoms with van der Waals surface area (Å²) in [6.45, 7) is 5.71. The van der Waals surface area contributed by atoms with Gasteiger partial charge in [-0.3, -0.25) is 4.79 Å². The fraction of sp³-hybridized carbons (Fsp3) is 0.529. The molecule has 1 saturated heterocycles. The van der Waals surface area contributed by atoms with Gasteiger partial charge in [-0.05, 0) is 24.3 Å². The SMILES string of the molecule is COc1cc(C#N)cc(Cl)c1OCC(=O)N1CC(C)CC(C)C1. The molecule has 0 aromatic heterocycles. The largest absolute Gasteiger partial charge is 0.493 e. The van der Waals surface area contributed by atoms with Crippen LogP contribution in [0.1, 0.15) is 25.8 Å². The molecule has 1 heterocycles. The summed E-state index contributed by atoms with van der Waals surface area (Å²) in [5.41, 5.74) is 0.379. The van der Waals surface area contributed by atoms with Gasteiger partial charge in [-0.25, -0.2) is 0 Å². The highest BCUT2D eigenvalue weighted by Gasteiger charge is 2.26. The Morgan fingerprint density at radius 2 is 2.04 bits per heavy atom. The van der Waals surface area contributed by atoms with Crippen molar-refractivity contribution in [2.24, 2.45) is 11.8 Å². The van der Waals surface area contributed by atoms with Gasteiger partial charge in [-0.15, -0.1) is 0 Å². The Labute approximate surface area is 141 Å². The van der Waals surface area contributed by atoms with Gasteiger partial charge in [0.1, 0.15) is 0 Å². The van der Waals surface area contributed by atoms with E-state index in [0.29, 0.717) is 28.9 Å². The highest BCUT2D eigenvalue weighted by atomic mass is 35.5. The standard InChI is InChI=1S/C17H21ClN2O3/c1-11-4-12(2)9-20(8-11)16(21)10-23-17-14(18)5-13(7-19)6-15(17)22-3/h5-6,11-12H,4,8-10H2,1-3H3. The molecule has 0 radical (unpaired) electrons. The van der Waals surface area contributed by atoms with Crippen LogP contribution in [0.15, 0.2) is 12.1 Å². The number of nitrogens with zero attached hydrogens (tertiary/aromatic N) is 2. The Balaban J connectivity index is 2.06. The van der Waals surface area contributed by atoms with E-state index in [1.165, 1.54) is 19.2 Å². The molecule has 1 aromatic carbocycles. The van der Waals surface area contributed by atoms with E-state index in [1.54, 1.807) is 0 Å². The molecule has 2 rings (SSSR count). The summed E-state index contributed by atoms with van der Waals surface area (Å²) in [6.07, 6.45) is 1.14. The van der Waals surface area contributed by atoms with Crippen LogP contribution in [0.5, 0.6) is 11.5 Å². The van der Waals surface area contributed by atoms with E-state index >= 15 is 0 Å². The zero-order valence-corrected chi connectivity index (χ0v) is 14.4. The number of halogens is 1. The second-order valence-corrected chi connectivity index (χ2v) is 6.54. The maximum absolute atomic E-state index is 12.4. The molecule has 5 nitrogen and oxygen atoms in total. The molecule has 2 atom stereocenters. The zero-order chi connectivity index (χ0) is 17.0. The number of carbonyl (C=O) groups excluding carboxylic acids is 1. The van der Waals surface area contributed by atoms with Crippen molar-refractivity contribution in [1.82, 2.24) is 4.90 Å². The van der Waals surface area contributed by atoms with E-state index in [-0.39, 0.29) is 17.5 Å². The molecule has 1 fully saturated rings. The van der Waals surface area contributed by atoms with Gasteiger partial charge >= 0.3 is 0 Å². The molecule has 1 aliphatic rings. The lowest BCUT2D eigenvalue weighted by Gasteiger charge is -2.34. The Bertz CT molecular complexity index is 617. The van der Waals surface area contributed by atoms with Crippen LogP contribution in [0.25, 0.3) is 0 Å². The predicted molar refractivity (Wildman–Crippen MR) is 87.7 cm³/mol. The number of hydrogen-bond donors (Lipinski definition) is 0. The highest BCUT2D eigenvalue weighted by Crippen LogP contribution is 2.36. The Morgan fingerprint density at radius 3 is 2.61 bits per heavy atom. The third-order valence-electron chi connectivity index (χ3n) is 3.92. The van der Waals surface area contributed by atoms with Crippen molar-refractivity contribution in [3.63, 3.8) is 0 Å². The van der Waals surface area contributed by atoms with Gasteiger partial charge < -0.3 is 14.4 Å². The van der Waals surface area contributed by atoms with E-state index in [1.807, 2.05) is 11.0 Å². The van der Waals surface area contributed by atoms with E-state index < -0.39 is 0 Å². The van der Waals surface area contributed by atoms with Gasteiger partial charge in [0, 0.05) is 19.2 Å². The highest BCUT2D eigenvalue weighted by molar-refractivity contribution is 6.32. The van der Waals surface area contributed by atoms with Gasteiger partial charge in [0.15, 0.2) is 18.1 Å². The number of likely N-dealkylation sites (tertiary alicyclic amines) is 1. The van der Waals surface area contributed by atoms with Crippen molar-refractivity contribution < 1.29 is 14.3 Å². The lowest BCUT2D eigenvalue weighted by molar-refractivity contribution is -0.136. The number of nitriles is 1. The number of hydrogen-bond acceptors (Lipinski definition) is 4. The van der Waals surface area contributed by atoms with Gasteiger partial charge in [-0.2, -0.15) is 5.26 Å². The first-order valence-corrected chi connectivity index (χ1v) is 8.00. The van der Waals surface area contributed by atoms with Crippen LogP contribution in [0.4, 0.5) is 0 Å². The van der Waals surface area contributed by atoms with Crippen LogP contribution in [0.3, 0.4) is 0 Å². The molecule has 1 aromatic rings. The summed E-state index contributed by atoms with van der Waals surface area (Å²) < 4.78 is 10.8. The fourth-order valence-electron chi connectivity index (χ4n) is 3.02. The van der Waals surface area contributed by atoms with E-state index in [9.17, 15) is 4.79 Å². The quantitative estimate of drug-likeness (QED) is 0.847. The Morgan fingerprint density at radius 1 is 1.39 bits per heavy atom. The fourth-order valence-corrected chi connectivity index (χ4v) is 3.28. The zero-order valence-electron chi connectivity index (χ0n) is 13.6. The lowest BCUT2D eigenvalue weighted by Crippen LogP contribution is -2.44. The first-order chi connectivity index (χ1) is 10.9. The molecule has 0 saturated carbocycles. The number of carbonyl (C=O) groups is 1. The molecular weight excluding hydrogens is 316 g/mol. The molecule has 1 amide bonds. The molecule has 2 unspecified atom stereocenters. The minimum absolute atomic E-state index is 0.0640. The maximum atomic E-state index is 12.4. The topological polar surface area (TPSA) is 62.6 Å². The first-order valence-electron chi connectivity index (χ1n) is 7.62. The normalized spacial score (nSPS) is 20.7. The van der Waals surface area contributed by atoms with E-state index in [4.69, 9.17) is 26.3 Å². The Hall–Kier alpha value is -1.93. The van der Waals surface area contributed by atoms with E-state index in [2.05, 4.69) is 13.8 Å². The average molecular weight is 337 g/mol. The van der Waals surface area contributed by atoms with Crippen LogP contribution < -0.4 is 9.47 Å². The number of amides is 1. The van der Waals surface area contributed by atoms with Crippen LogP contribution in [-0.2, 0) is 4.79 Å². The van der Waals surface area contributed by atoms with Crippen molar-refractivity contribution in [3.05, 3.63) is 22.7 Å². The number of methoxy groups -OCH3 is 1. The van der Waals surface area contributed by atoms with Gasteiger partial charge in [0.2, 0.25) is 0 Å². The number of benzene rings is 1. The maximum Gasteiger partial charge on any atom is 0.260 e. The second kappa shape index (κ2) is 7.56. The van der Waals surface area contributed by atoms with Crippen molar-refractivity contribution in [3.8, 4) is 17.6 Å². The molecule has 6 heteroatoms. The smallest absolute Gasteiger partial charge is 0.260 e. The molecule has 0 aliphatic carbocycles. The number of rotatable bonds is 4. The van der Waals surface area contributed by atoms with Crippen molar-refractivity contribution in [2.45, 2.75) is 20.3 Å². The Kier molecular flexibility index (Phi) is 5.73. The van der Waals surface area contributed by atoms with Crippen molar-refractivity contribution in [1.29, 1.82) is 5.26 Å². The molecule has 124 valence electrons. The number of ether oxygens (including phenoxy) is 2. The molecular formula is C17H21ClN2O3.